The lowest BCUT2D eigenvalue weighted by Crippen LogP contribution is -2.54. The number of ether oxygens (including phenoxy) is 1. The molecule has 0 fully saturated rings. The second-order valence-electron chi connectivity index (χ2n) is 3.58. The van der Waals surface area contributed by atoms with Crippen molar-refractivity contribution in [1.82, 2.24) is 4.90 Å². The number of carbonyl (C=O) groups excluding carboxylic acids is 1. The lowest BCUT2D eigenvalue weighted by molar-refractivity contribution is -0.132. The molecule has 0 aromatic rings. The molecule has 0 bridgehead atoms. The average Bonchev–Trinajstić information content (AvgIpc) is 1.84. The Morgan fingerprint density at radius 2 is 1.85 bits per heavy atom. The molecular formula is C8H19ClN2O2. The van der Waals surface area contributed by atoms with E-state index in [9.17, 15) is 4.79 Å². The summed E-state index contributed by atoms with van der Waals surface area (Å²) in [7, 11) is 5.17. The molecule has 0 rings (SSSR count). The number of amides is 1. The van der Waals surface area contributed by atoms with Crippen LogP contribution in [0.4, 0.5) is 0 Å². The number of nitrogens with zero attached hydrogens (tertiary/aromatic N) is 1. The van der Waals surface area contributed by atoms with Crippen LogP contribution < -0.4 is 5.73 Å². The molecule has 0 saturated carbocycles. The quantitative estimate of drug-likeness (QED) is 0.724. The van der Waals surface area contributed by atoms with Gasteiger partial charge in [-0.3, -0.25) is 9.69 Å². The zero-order valence-corrected chi connectivity index (χ0v) is 9.64. The van der Waals surface area contributed by atoms with Crippen molar-refractivity contribution in [2.45, 2.75) is 25.5 Å². The number of rotatable bonds is 4. The molecule has 1 amide bonds. The zero-order valence-electron chi connectivity index (χ0n) is 8.83. The Bertz CT molecular complexity index is 172. The summed E-state index contributed by atoms with van der Waals surface area (Å²) >= 11 is 0. The molecule has 1 atom stereocenters. The number of likely N-dealkylation sites (N-methyl/N-ethyl adjacent to an activating group) is 1. The lowest BCUT2D eigenvalue weighted by atomic mass is 9.97. The Hall–Kier alpha value is -0.320. The van der Waals surface area contributed by atoms with Gasteiger partial charge in [0.1, 0.15) is 6.04 Å². The number of methoxy groups -OCH3 is 1. The van der Waals surface area contributed by atoms with Gasteiger partial charge in [0.25, 0.3) is 0 Å². The third-order valence-electron chi connectivity index (χ3n) is 1.97. The lowest BCUT2D eigenvalue weighted by Gasteiger charge is -2.35. The third kappa shape index (κ3) is 3.93. The summed E-state index contributed by atoms with van der Waals surface area (Å²) in [5.41, 5.74) is 4.69. The fourth-order valence-corrected chi connectivity index (χ4v) is 1.33. The first-order chi connectivity index (χ1) is 5.33. The number of hydrogen-bond donors (Lipinski definition) is 1. The first-order valence-electron chi connectivity index (χ1n) is 3.84. The maximum Gasteiger partial charge on any atom is 0.237 e. The Balaban J connectivity index is 0. The van der Waals surface area contributed by atoms with E-state index in [0.29, 0.717) is 0 Å². The van der Waals surface area contributed by atoms with Crippen LogP contribution in [0.25, 0.3) is 0 Å². The van der Waals surface area contributed by atoms with Crippen molar-refractivity contribution in [3.05, 3.63) is 0 Å². The van der Waals surface area contributed by atoms with Gasteiger partial charge >= 0.3 is 0 Å². The smallest absolute Gasteiger partial charge is 0.237 e. The number of carbonyl (C=O) groups is 1. The van der Waals surface area contributed by atoms with Crippen LogP contribution in [-0.4, -0.2) is 43.7 Å². The van der Waals surface area contributed by atoms with Crippen LogP contribution in [0.15, 0.2) is 0 Å². The van der Waals surface area contributed by atoms with E-state index in [1.165, 1.54) is 0 Å². The van der Waals surface area contributed by atoms with Crippen molar-refractivity contribution >= 4 is 18.3 Å². The van der Waals surface area contributed by atoms with E-state index in [-0.39, 0.29) is 18.3 Å². The number of hydrogen-bond acceptors (Lipinski definition) is 3. The van der Waals surface area contributed by atoms with Gasteiger partial charge in [0.2, 0.25) is 5.91 Å². The normalized spacial score (nSPS) is 13.7. The standard InChI is InChI=1S/C8H18N2O2.ClH/c1-8(2,12-5)6(7(9)11)10(3)4;/h6H,1-5H3,(H2,9,11);1H/t6-;/m1./s1. The van der Waals surface area contributed by atoms with Crippen LogP contribution in [0, 0.1) is 0 Å². The summed E-state index contributed by atoms with van der Waals surface area (Å²) in [4.78, 5) is 12.8. The highest BCUT2D eigenvalue weighted by molar-refractivity contribution is 5.85. The Labute approximate surface area is 85.8 Å². The van der Waals surface area contributed by atoms with Crippen LogP contribution in [0.1, 0.15) is 13.8 Å². The van der Waals surface area contributed by atoms with Gasteiger partial charge in [0.15, 0.2) is 0 Å². The molecule has 0 spiro atoms. The number of nitrogens with two attached hydrogens (primary N) is 1. The van der Waals surface area contributed by atoms with E-state index in [4.69, 9.17) is 10.5 Å². The van der Waals surface area contributed by atoms with Crippen molar-refractivity contribution in [2.75, 3.05) is 21.2 Å². The van der Waals surface area contributed by atoms with E-state index in [1.54, 1.807) is 26.1 Å². The van der Waals surface area contributed by atoms with E-state index in [1.807, 2.05) is 13.8 Å². The average molecular weight is 211 g/mol. The van der Waals surface area contributed by atoms with Crippen LogP contribution in [-0.2, 0) is 9.53 Å². The Morgan fingerprint density at radius 1 is 1.46 bits per heavy atom. The highest BCUT2D eigenvalue weighted by atomic mass is 35.5. The van der Waals surface area contributed by atoms with Gasteiger partial charge < -0.3 is 10.5 Å². The minimum absolute atomic E-state index is 0. The zero-order chi connectivity index (χ0) is 9.94. The molecular weight excluding hydrogens is 192 g/mol. The molecule has 0 radical (unpaired) electrons. The molecule has 5 heteroatoms. The second-order valence-corrected chi connectivity index (χ2v) is 3.58. The molecule has 2 N–H and O–H groups in total. The maximum atomic E-state index is 11.0. The molecule has 0 saturated heterocycles. The largest absolute Gasteiger partial charge is 0.377 e. The summed E-state index contributed by atoms with van der Waals surface area (Å²) in [5, 5.41) is 0. The summed E-state index contributed by atoms with van der Waals surface area (Å²) in [6, 6.07) is -0.400. The minimum Gasteiger partial charge on any atom is -0.377 e. The van der Waals surface area contributed by atoms with Gasteiger partial charge in [-0.15, -0.1) is 12.4 Å². The number of halogens is 1. The number of primary amides is 1. The van der Waals surface area contributed by atoms with Gasteiger partial charge in [-0.2, -0.15) is 0 Å². The second kappa shape index (κ2) is 5.42. The first-order valence-corrected chi connectivity index (χ1v) is 3.84. The molecule has 0 heterocycles. The molecule has 0 aliphatic heterocycles. The maximum absolute atomic E-state index is 11.0. The van der Waals surface area contributed by atoms with Gasteiger partial charge in [-0.25, -0.2) is 0 Å². The predicted octanol–water partition coefficient (Wildman–Crippen LogP) is 0.249. The fraction of sp³-hybridized carbons (Fsp3) is 0.875. The fourth-order valence-electron chi connectivity index (χ4n) is 1.33. The minimum atomic E-state index is -0.546. The van der Waals surface area contributed by atoms with Crippen molar-refractivity contribution in [3.63, 3.8) is 0 Å². The van der Waals surface area contributed by atoms with Gasteiger partial charge in [-0.1, -0.05) is 0 Å². The van der Waals surface area contributed by atoms with E-state index in [2.05, 4.69) is 0 Å². The Kier molecular flexibility index (Phi) is 6.32. The van der Waals surface area contributed by atoms with E-state index < -0.39 is 11.6 Å². The van der Waals surface area contributed by atoms with Crippen molar-refractivity contribution in [3.8, 4) is 0 Å². The molecule has 80 valence electrons. The summed E-state index contributed by atoms with van der Waals surface area (Å²) in [6.07, 6.45) is 0. The van der Waals surface area contributed by atoms with Gasteiger partial charge in [-0.05, 0) is 27.9 Å². The van der Waals surface area contributed by atoms with Crippen molar-refractivity contribution < 1.29 is 9.53 Å². The molecule has 4 nitrogen and oxygen atoms in total. The monoisotopic (exact) mass is 210 g/mol. The first kappa shape index (κ1) is 15.2. The van der Waals surface area contributed by atoms with Crippen LogP contribution in [0.3, 0.4) is 0 Å². The van der Waals surface area contributed by atoms with Crippen LogP contribution in [0.2, 0.25) is 0 Å². The molecule has 0 aliphatic rings. The molecule has 0 aromatic heterocycles. The summed E-state index contributed by atoms with van der Waals surface area (Å²) in [6.45, 7) is 3.67. The van der Waals surface area contributed by atoms with Gasteiger partial charge in [0.05, 0.1) is 5.60 Å². The molecule has 13 heavy (non-hydrogen) atoms. The molecule has 0 aromatic carbocycles. The van der Waals surface area contributed by atoms with E-state index in [0.717, 1.165) is 0 Å². The van der Waals surface area contributed by atoms with E-state index >= 15 is 0 Å². The highest BCUT2D eigenvalue weighted by Crippen LogP contribution is 2.16. The summed E-state index contributed by atoms with van der Waals surface area (Å²) < 4.78 is 5.18. The molecule has 0 unspecified atom stereocenters. The van der Waals surface area contributed by atoms with Crippen LogP contribution in [0.5, 0.6) is 0 Å². The van der Waals surface area contributed by atoms with Crippen molar-refractivity contribution in [1.29, 1.82) is 0 Å². The predicted molar refractivity (Wildman–Crippen MR) is 55.0 cm³/mol. The van der Waals surface area contributed by atoms with Gasteiger partial charge in [0, 0.05) is 7.11 Å². The third-order valence-corrected chi connectivity index (χ3v) is 1.97. The molecule has 0 aliphatic carbocycles. The Morgan fingerprint density at radius 3 is 1.92 bits per heavy atom. The van der Waals surface area contributed by atoms with Crippen molar-refractivity contribution in [2.24, 2.45) is 5.73 Å². The summed E-state index contributed by atoms with van der Waals surface area (Å²) in [5.74, 6) is -0.369. The SMILES string of the molecule is COC(C)(C)[C@@H](C(N)=O)N(C)C.Cl. The topological polar surface area (TPSA) is 55.6 Å². The highest BCUT2D eigenvalue weighted by Gasteiger charge is 2.35. The van der Waals surface area contributed by atoms with Crippen LogP contribution >= 0.6 is 12.4 Å².